The second-order valence-electron chi connectivity index (χ2n) is 4.69. The van der Waals surface area contributed by atoms with Gasteiger partial charge in [0, 0.05) is 32.7 Å². The zero-order valence-corrected chi connectivity index (χ0v) is 11.9. The maximum Gasteiger partial charge on any atom is 0.338 e. The minimum Gasteiger partial charge on any atom is -0.494 e. The van der Waals surface area contributed by atoms with Gasteiger partial charge in [-0.15, -0.1) is 0 Å². The summed E-state index contributed by atoms with van der Waals surface area (Å²) in [7, 11) is 0. The number of hydrogen-bond acceptors (Lipinski definition) is 5. The number of rotatable bonds is 6. The molecule has 110 valence electrons. The predicted octanol–water partition coefficient (Wildman–Crippen LogP) is 1.15. The number of carbonyl (C=O) groups excluding carboxylic acids is 1. The molecule has 1 aromatic rings. The number of esters is 1. The molecule has 0 aromatic heterocycles. The molecule has 0 bridgehead atoms. The van der Waals surface area contributed by atoms with Crippen molar-refractivity contribution >= 4 is 5.97 Å². The van der Waals surface area contributed by atoms with Crippen molar-refractivity contribution in [1.82, 2.24) is 10.2 Å². The third kappa shape index (κ3) is 4.51. The summed E-state index contributed by atoms with van der Waals surface area (Å²) >= 11 is 0. The Morgan fingerprint density at radius 2 is 2.15 bits per heavy atom. The Labute approximate surface area is 119 Å². The van der Waals surface area contributed by atoms with E-state index in [1.54, 1.807) is 18.2 Å². The van der Waals surface area contributed by atoms with Gasteiger partial charge in [0.15, 0.2) is 0 Å². The molecule has 5 heteroatoms. The molecule has 0 amide bonds. The number of benzene rings is 1. The smallest absolute Gasteiger partial charge is 0.338 e. The summed E-state index contributed by atoms with van der Waals surface area (Å²) in [6.07, 6.45) is 0. The van der Waals surface area contributed by atoms with Crippen molar-refractivity contribution in [2.24, 2.45) is 0 Å². The van der Waals surface area contributed by atoms with Crippen LogP contribution in [-0.4, -0.2) is 56.8 Å². The molecule has 1 fully saturated rings. The third-order valence-electron chi connectivity index (χ3n) is 3.23. The van der Waals surface area contributed by atoms with Crippen molar-refractivity contribution in [2.45, 2.75) is 6.92 Å². The lowest BCUT2D eigenvalue weighted by Crippen LogP contribution is -2.44. The Morgan fingerprint density at radius 3 is 2.90 bits per heavy atom. The van der Waals surface area contributed by atoms with E-state index >= 15 is 0 Å². The lowest BCUT2D eigenvalue weighted by molar-refractivity contribution is 0.0455. The van der Waals surface area contributed by atoms with Gasteiger partial charge in [0.1, 0.15) is 12.4 Å². The average molecular weight is 278 g/mol. The highest BCUT2D eigenvalue weighted by molar-refractivity contribution is 5.89. The normalized spacial score (nSPS) is 15.8. The Balaban J connectivity index is 1.77. The maximum absolute atomic E-state index is 11.9. The van der Waals surface area contributed by atoms with Crippen LogP contribution in [0.1, 0.15) is 17.3 Å². The van der Waals surface area contributed by atoms with E-state index in [4.69, 9.17) is 9.47 Å². The third-order valence-corrected chi connectivity index (χ3v) is 3.23. The van der Waals surface area contributed by atoms with Crippen LogP contribution in [0.3, 0.4) is 0 Å². The molecule has 1 aliphatic heterocycles. The first kappa shape index (κ1) is 14.8. The van der Waals surface area contributed by atoms with Crippen LogP contribution in [0.2, 0.25) is 0 Å². The van der Waals surface area contributed by atoms with E-state index in [9.17, 15) is 4.79 Å². The summed E-state index contributed by atoms with van der Waals surface area (Å²) in [5.41, 5.74) is 0.538. The lowest BCUT2D eigenvalue weighted by Gasteiger charge is -2.26. The quantitative estimate of drug-likeness (QED) is 0.791. The number of hydrogen-bond donors (Lipinski definition) is 1. The molecule has 20 heavy (non-hydrogen) atoms. The van der Waals surface area contributed by atoms with Crippen molar-refractivity contribution < 1.29 is 14.3 Å². The molecule has 2 rings (SSSR count). The first-order chi connectivity index (χ1) is 9.79. The Kier molecular flexibility index (Phi) is 5.83. The minimum atomic E-state index is -0.290. The van der Waals surface area contributed by atoms with E-state index in [1.165, 1.54) is 0 Å². The Morgan fingerprint density at radius 1 is 1.35 bits per heavy atom. The molecule has 0 saturated carbocycles. The highest BCUT2D eigenvalue weighted by Gasteiger charge is 2.11. The zero-order chi connectivity index (χ0) is 14.2. The summed E-state index contributed by atoms with van der Waals surface area (Å²) in [5.74, 6) is 0.408. The number of carbonyl (C=O) groups is 1. The summed E-state index contributed by atoms with van der Waals surface area (Å²) in [4.78, 5) is 14.2. The molecule has 0 unspecified atom stereocenters. The Bertz CT molecular complexity index is 431. The van der Waals surface area contributed by atoms with Crippen molar-refractivity contribution in [3.8, 4) is 5.75 Å². The van der Waals surface area contributed by atoms with Crippen LogP contribution in [0, 0.1) is 0 Å². The van der Waals surface area contributed by atoms with Crippen LogP contribution in [0.25, 0.3) is 0 Å². The van der Waals surface area contributed by atoms with E-state index in [2.05, 4.69) is 10.2 Å². The van der Waals surface area contributed by atoms with Gasteiger partial charge in [0.05, 0.1) is 12.2 Å². The second kappa shape index (κ2) is 7.87. The molecule has 1 heterocycles. The molecule has 1 aliphatic rings. The van der Waals surface area contributed by atoms with Crippen molar-refractivity contribution in [3.05, 3.63) is 29.8 Å². The van der Waals surface area contributed by atoms with Crippen molar-refractivity contribution in [1.29, 1.82) is 0 Å². The van der Waals surface area contributed by atoms with E-state index in [0.29, 0.717) is 24.5 Å². The molecular formula is C15H22N2O3. The molecule has 0 aliphatic carbocycles. The summed E-state index contributed by atoms with van der Waals surface area (Å²) in [6.45, 7) is 7.75. The lowest BCUT2D eigenvalue weighted by atomic mass is 10.2. The fourth-order valence-corrected chi connectivity index (χ4v) is 2.17. The number of ether oxygens (including phenoxy) is 2. The zero-order valence-electron chi connectivity index (χ0n) is 11.9. The standard InChI is InChI=1S/C15H22N2O3/c1-2-19-14-5-3-4-13(12-14)15(18)20-11-10-17-8-6-16-7-9-17/h3-5,12,16H,2,6-11H2,1H3. The van der Waals surface area contributed by atoms with Gasteiger partial charge < -0.3 is 14.8 Å². The Hall–Kier alpha value is -1.59. The number of nitrogens with one attached hydrogen (secondary N) is 1. The van der Waals surface area contributed by atoms with E-state index in [0.717, 1.165) is 32.7 Å². The maximum atomic E-state index is 11.9. The molecule has 1 aromatic carbocycles. The minimum absolute atomic E-state index is 0.290. The van der Waals surface area contributed by atoms with Crippen LogP contribution < -0.4 is 10.1 Å². The predicted molar refractivity (Wildman–Crippen MR) is 77.2 cm³/mol. The molecule has 0 radical (unpaired) electrons. The summed E-state index contributed by atoms with van der Waals surface area (Å²) < 4.78 is 10.7. The van der Waals surface area contributed by atoms with Gasteiger partial charge in [0.25, 0.3) is 0 Å². The van der Waals surface area contributed by atoms with Crippen LogP contribution in [0.4, 0.5) is 0 Å². The molecule has 5 nitrogen and oxygen atoms in total. The molecule has 1 saturated heterocycles. The molecular weight excluding hydrogens is 256 g/mol. The second-order valence-corrected chi connectivity index (χ2v) is 4.69. The van der Waals surface area contributed by atoms with Gasteiger partial charge in [0.2, 0.25) is 0 Å². The first-order valence-corrected chi connectivity index (χ1v) is 7.12. The SMILES string of the molecule is CCOc1cccc(C(=O)OCCN2CCNCC2)c1. The number of piperazine rings is 1. The van der Waals surface area contributed by atoms with Gasteiger partial charge in [-0.05, 0) is 25.1 Å². The summed E-state index contributed by atoms with van der Waals surface area (Å²) in [5, 5.41) is 3.29. The molecule has 1 N–H and O–H groups in total. The average Bonchev–Trinajstić information content (AvgIpc) is 2.49. The van der Waals surface area contributed by atoms with Gasteiger partial charge in [-0.1, -0.05) is 6.07 Å². The fourth-order valence-electron chi connectivity index (χ4n) is 2.17. The monoisotopic (exact) mass is 278 g/mol. The fraction of sp³-hybridized carbons (Fsp3) is 0.533. The number of nitrogens with zero attached hydrogens (tertiary/aromatic N) is 1. The van der Waals surface area contributed by atoms with Crippen LogP contribution in [0.15, 0.2) is 24.3 Å². The van der Waals surface area contributed by atoms with Crippen LogP contribution >= 0.6 is 0 Å². The van der Waals surface area contributed by atoms with Crippen LogP contribution in [0.5, 0.6) is 5.75 Å². The van der Waals surface area contributed by atoms with Crippen molar-refractivity contribution in [2.75, 3.05) is 45.9 Å². The molecule has 0 spiro atoms. The first-order valence-electron chi connectivity index (χ1n) is 7.12. The highest BCUT2D eigenvalue weighted by atomic mass is 16.5. The van der Waals surface area contributed by atoms with Crippen LogP contribution in [-0.2, 0) is 4.74 Å². The van der Waals surface area contributed by atoms with Crippen molar-refractivity contribution in [3.63, 3.8) is 0 Å². The van der Waals surface area contributed by atoms with E-state index in [1.807, 2.05) is 13.0 Å². The summed E-state index contributed by atoms with van der Waals surface area (Å²) in [6, 6.07) is 7.10. The molecule has 0 atom stereocenters. The highest BCUT2D eigenvalue weighted by Crippen LogP contribution is 2.14. The van der Waals surface area contributed by atoms with E-state index in [-0.39, 0.29) is 5.97 Å². The van der Waals surface area contributed by atoms with Gasteiger partial charge in [-0.25, -0.2) is 4.79 Å². The van der Waals surface area contributed by atoms with Gasteiger partial charge in [-0.2, -0.15) is 0 Å². The topological polar surface area (TPSA) is 50.8 Å². The van der Waals surface area contributed by atoms with Gasteiger partial charge in [-0.3, -0.25) is 4.90 Å². The van der Waals surface area contributed by atoms with Gasteiger partial charge >= 0.3 is 5.97 Å². The largest absolute Gasteiger partial charge is 0.494 e. The van der Waals surface area contributed by atoms with E-state index < -0.39 is 0 Å².